The molecule has 0 aromatic rings. The van der Waals surface area contributed by atoms with E-state index in [-0.39, 0.29) is 11.9 Å². The Hall–Kier alpha value is -2.62. The normalized spacial score (nSPS) is 12.3. The molecule has 0 rings (SSSR count). The van der Waals surface area contributed by atoms with Crippen LogP contribution in [0.15, 0.2) is 72.9 Å². The maximum atomic E-state index is 11.9. The van der Waals surface area contributed by atoms with Crippen LogP contribution in [0.4, 0.5) is 0 Å². The molecule has 0 saturated heterocycles. The van der Waals surface area contributed by atoms with Gasteiger partial charge in [0.05, 0.1) is 13.2 Å². The predicted octanol–water partition coefficient (Wildman–Crippen LogP) is 11.6. The summed E-state index contributed by atoms with van der Waals surface area (Å²) in [6.45, 7) is 5.08. The van der Waals surface area contributed by atoms with E-state index in [1.165, 1.54) is 51.4 Å². The van der Waals surface area contributed by atoms with Crippen LogP contribution in [0.1, 0.15) is 149 Å². The second-order valence-electron chi connectivity index (χ2n) is 11.0. The van der Waals surface area contributed by atoms with Crippen LogP contribution in [-0.4, -0.2) is 25.2 Å². The highest BCUT2D eigenvalue weighted by Gasteiger charge is 2.04. The Bertz CT molecular complexity index is 734. The van der Waals surface area contributed by atoms with Crippen molar-refractivity contribution in [2.75, 3.05) is 13.2 Å². The molecule has 4 heteroatoms. The van der Waals surface area contributed by atoms with Crippen molar-refractivity contribution in [3.05, 3.63) is 72.9 Å². The predicted molar refractivity (Wildman–Crippen MR) is 185 cm³/mol. The van der Waals surface area contributed by atoms with Crippen molar-refractivity contribution in [3.63, 3.8) is 0 Å². The number of ether oxygens (including phenoxy) is 2. The average Bonchev–Trinajstić information content (AvgIpc) is 3.00. The van der Waals surface area contributed by atoms with E-state index in [0.717, 1.165) is 64.2 Å². The highest BCUT2D eigenvalue weighted by molar-refractivity contribution is 5.69. The monoisotopic (exact) mass is 596 g/mol. The van der Waals surface area contributed by atoms with Gasteiger partial charge in [0.2, 0.25) is 0 Å². The molecule has 0 heterocycles. The third kappa shape index (κ3) is 35.5. The summed E-state index contributed by atoms with van der Waals surface area (Å²) < 4.78 is 10.5. The van der Waals surface area contributed by atoms with Crippen LogP contribution in [0.25, 0.3) is 0 Å². The Kier molecular flexibility index (Phi) is 33.4. The van der Waals surface area contributed by atoms with Crippen LogP contribution < -0.4 is 0 Å². The molecule has 0 aliphatic carbocycles. The lowest BCUT2D eigenvalue weighted by Crippen LogP contribution is -2.10. The molecule has 0 fully saturated rings. The van der Waals surface area contributed by atoms with Gasteiger partial charge in [-0.05, 0) is 89.9 Å². The first kappa shape index (κ1) is 40.4. The van der Waals surface area contributed by atoms with Gasteiger partial charge in [-0.15, -0.1) is 0 Å². The molecule has 0 aliphatic heterocycles. The van der Waals surface area contributed by atoms with Gasteiger partial charge in [0.1, 0.15) is 0 Å². The van der Waals surface area contributed by atoms with Crippen LogP contribution in [0.5, 0.6) is 0 Å². The molecule has 0 amide bonds. The Morgan fingerprint density at radius 3 is 1.02 bits per heavy atom. The zero-order valence-corrected chi connectivity index (χ0v) is 27.8. The summed E-state index contributed by atoms with van der Waals surface area (Å²) in [7, 11) is 0. The van der Waals surface area contributed by atoms with E-state index in [4.69, 9.17) is 9.47 Å². The van der Waals surface area contributed by atoms with Crippen molar-refractivity contribution in [2.45, 2.75) is 149 Å². The Labute approximate surface area is 265 Å². The highest BCUT2D eigenvalue weighted by atomic mass is 16.5. The van der Waals surface area contributed by atoms with Gasteiger partial charge in [0, 0.05) is 19.3 Å². The van der Waals surface area contributed by atoms with E-state index in [2.05, 4.69) is 86.8 Å². The minimum Gasteiger partial charge on any atom is -0.466 e. The van der Waals surface area contributed by atoms with Gasteiger partial charge in [-0.2, -0.15) is 0 Å². The third-order valence-electron chi connectivity index (χ3n) is 6.86. The second kappa shape index (κ2) is 35.6. The smallest absolute Gasteiger partial charge is 0.305 e. The van der Waals surface area contributed by atoms with Crippen molar-refractivity contribution in [1.82, 2.24) is 0 Å². The van der Waals surface area contributed by atoms with Crippen LogP contribution in [0.3, 0.4) is 0 Å². The average molecular weight is 597 g/mol. The van der Waals surface area contributed by atoms with Gasteiger partial charge >= 0.3 is 11.9 Å². The van der Waals surface area contributed by atoms with Crippen molar-refractivity contribution in [2.24, 2.45) is 0 Å². The SMILES string of the molecule is CCCCC/C=C\C/C=C\C/C=C\CCCCC(=O)OCCCOC(=O)CCCC/C=C\C/C=C\C/C=C\CCCCC. The summed E-state index contributed by atoms with van der Waals surface area (Å²) in [6.07, 6.45) is 47.8. The fraction of sp³-hybridized carbons (Fsp3) is 0.641. The van der Waals surface area contributed by atoms with E-state index >= 15 is 0 Å². The largest absolute Gasteiger partial charge is 0.466 e. The molecule has 244 valence electrons. The first-order valence-electron chi connectivity index (χ1n) is 17.4. The summed E-state index contributed by atoms with van der Waals surface area (Å²) in [5.74, 6) is -0.335. The first-order chi connectivity index (χ1) is 21.2. The fourth-order valence-electron chi connectivity index (χ4n) is 4.22. The maximum Gasteiger partial charge on any atom is 0.305 e. The number of allylic oxidation sites excluding steroid dienone is 12. The molecule has 0 saturated carbocycles. The lowest BCUT2D eigenvalue weighted by molar-refractivity contribution is -0.146. The van der Waals surface area contributed by atoms with E-state index < -0.39 is 0 Å². The number of unbranched alkanes of at least 4 members (excludes halogenated alkanes) is 10. The molecular weight excluding hydrogens is 532 g/mol. The summed E-state index contributed by atoms with van der Waals surface area (Å²) in [5, 5.41) is 0. The minimum absolute atomic E-state index is 0.167. The molecule has 0 aromatic carbocycles. The maximum absolute atomic E-state index is 11.9. The first-order valence-corrected chi connectivity index (χ1v) is 17.4. The zero-order chi connectivity index (χ0) is 31.3. The van der Waals surface area contributed by atoms with Crippen molar-refractivity contribution < 1.29 is 19.1 Å². The molecule has 4 nitrogen and oxygen atoms in total. The molecule has 0 spiro atoms. The molecule has 0 aliphatic rings. The number of esters is 2. The zero-order valence-electron chi connectivity index (χ0n) is 27.8. The molecular formula is C39H64O4. The van der Waals surface area contributed by atoms with Crippen LogP contribution >= 0.6 is 0 Å². The van der Waals surface area contributed by atoms with Gasteiger partial charge < -0.3 is 9.47 Å². The van der Waals surface area contributed by atoms with Gasteiger partial charge in [-0.3, -0.25) is 9.59 Å². The Morgan fingerprint density at radius 1 is 0.395 bits per heavy atom. The quantitative estimate of drug-likeness (QED) is 0.0470. The van der Waals surface area contributed by atoms with E-state index in [1.54, 1.807) is 0 Å². The number of hydrogen-bond acceptors (Lipinski definition) is 4. The summed E-state index contributed by atoms with van der Waals surface area (Å²) in [4.78, 5) is 23.7. The fourth-order valence-corrected chi connectivity index (χ4v) is 4.22. The van der Waals surface area contributed by atoms with E-state index in [0.29, 0.717) is 32.5 Å². The Balaban J connectivity index is 3.49. The van der Waals surface area contributed by atoms with E-state index in [9.17, 15) is 9.59 Å². The van der Waals surface area contributed by atoms with Crippen LogP contribution in [0, 0.1) is 0 Å². The van der Waals surface area contributed by atoms with Gasteiger partial charge in [-0.25, -0.2) is 0 Å². The van der Waals surface area contributed by atoms with Gasteiger partial charge in [-0.1, -0.05) is 112 Å². The molecule has 0 aromatic heterocycles. The van der Waals surface area contributed by atoms with Crippen molar-refractivity contribution in [1.29, 1.82) is 0 Å². The molecule has 0 atom stereocenters. The summed E-state index contributed by atoms with van der Waals surface area (Å²) in [6, 6.07) is 0. The summed E-state index contributed by atoms with van der Waals surface area (Å²) >= 11 is 0. The lowest BCUT2D eigenvalue weighted by Gasteiger charge is -2.06. The third-order valence-corrected chi connectivity index (χ3v) is 6.86. The van der Waals surface area contributed by atoms with Crippen LogP contribution in [-0.2, 0) is 19.1 Å². The van der Waals surface area contributed by atoms with Crippen molar-refractivity contribution in [3.8, 4) is 0 Å². The molecule has 0 bridgehead atoms. The highest BCUT2D eigenvalue weighted by Crippen LogP contribution is 2.06. The minimum atomic E-state index is -0.167. The van der Waals surface area contributed by atoms with Crippen molar-refractivity contribution >= 4 is 11.9 Å². The molecule has 43 heavy (non-hydrogen) atoms. The van der Waals surface area contributed by atoms with Crippen LogP contribution in [0.2, 0.25) is 0 Å². The van der Waals surface area contributed by atoms with Gasteiger partial charge in [0.15, 0.2) is 0 Å². The molecule has 0 unspecified atom stereocenters. The van der Waals surface area contributed by atoms with Gasteiger partial charge in [0.25, 0.3) is 0 Å². The second-order valence-corrected chi connectivity index (χ2v) is 11.0. The Morgan fingerprint density at radius 2 is 0.698 bits per heavy atom. The number of carbonyl (C=O) groups excluding carboxylic acids is 2. The standard InChI is InChI=1S/C39H64O4/c1-3-5-7-9-11-13-15-17-19-21-23-25-27-29-31-34-38(40)42-36-33-37-43-39(41)35-32-30-28-26-24-22-20-18-16-14-12-10-8-6-4-2/h11-14,17-20,23-26H,3-10,15-16,21-22,27-37H2,1-2H3/b13-11-,14-12-,19-17-,20-18-,25-23-,26-24-. The topological polar surface area (TPSA) is 52.6 Å². The lowest BCUT2D eigenvalue weighted by atomic mass is 10.1. The molecule has 0 N–H and O–H groups in total. The van der Waals surface area contributed by atoms with E-state index in [1.807, 2.05) is 0 Å². The molecule has 0 radical (unpaired) electrons. The number of hydrogen-bond donors (Lipinski definition) is 0. The summed E-state index contributed by atoms with van der Waals surface area (Å²) in [5.41, 5.74) is 0. The number of carbonyl (C=O) groups is 2. The number of rotatable bonds is 30.